The average molecular weight is 315 g/mol. The summed E-state index contributed by atoms with van der Waals surface area (Å²) in [5.74, 6) is -0.207. The number of hydrogen-bond acceptors (Lipinski definition) is 3. The molecule has 122 valence electrons. The highest BCUT2D eigenvalue weighted by Gasteiger charge is 2.21. The molecule has 0 amide bonds. The highest BCUT2D eigenvalue weighted by Crippen LogP contribution is 2.38. The standard InChI is InChI=1S/C19H22FNO2/c1-12(22)10-21(11-13(2)23)17-4-6-19-15(9-17)7-14-8-16(20)3-5-18(14)19/h3-6,8-9,12-13,22-23H,7,10-11H2,1-2H3/t12-,13+. The first kappa shape index (κ1) is 16.0. The van der Waals surface area contributed by atoms with Crippen molar-refractivity contribution in [2.75, 3.05) is 18.0 Å². The van der Waals surface area contributed by atoms with E-state index in [-0.39, 0.29) is 5.82 Å². The topological polar surface area (TPSA) is 43.7 Å². The van der Waals surface area contributed by atoms with Crippen LogP contribution in [-0.2, 0) is 6.42 Å². The number of anilines is 1. The van der Waals surface area contributed by atoms with Gasteiger partial charge in [0.25, 0.3) is 0 Å². The lowest BCUT2D eigenvalue weighted by Crippen LogP contribution is -2.36. The fraction of sp³-hybridized carbons (Fsp3) is 0.368. The van der Waals surface area contributed by atoms with Gasteiger partial charge in [0.2, 0.25) is 0 Å². The van der Waals surface area contributed by atoms with Crippen LogP contribution >= 0.6 is 0 Å². The summed E-state index contributed by atoms with van der Waals surface area (Å²) < 4.78 is 13.4. The molecule has 0 saturated carbocycles. The van der Waals surface area contributed by atoms with Gasteiger partial charge in [-0.2, -0.15) is 0 Å². The largest absolute Gasteiger partial charge is 0.392 e. The van der Waals surface area contributed by atoms with Crippen molar-refractivity contribution in [3.05, 3.63) is 53.3 Å². The number of fused-ring (bicyclic) bond motifs is 3. The number of aliphatic hydroxyl groups is 2. The van der Waals surface area contributed by atoms with Crippen molar-refractivity contribution < 1.29 is 14.6 Å². The van der Waals surface area contributed by atoms with E-state index in [0.717, 1.165) is 27.9 Å². The summed E-state index contributed by atoms with van der Waals surface area (Å²) in [6, 6.07) is 11.1. The minimum absolute atomic E-state index is 0.207. The molecule has 0 saturated heterocycles. The zero-order chi connectivity index (χ0) is 16.6. The molecule has 0 fully saturated rings. The average Bonchev–Trinajstić information content (AvgIpc) is 2.81. The Morgan fingerprint density at radius 2 is 1.52 bits per heavy atom. The third-order valence-corrected chi connectivity index (χ3v) is 4.16. The molecule has 2 N–H and O–H groups in total. The highest BCUT2D eigenvalue weighted by atomic mass is 19.1. The van der Waals surface area contributed by atoms with Gasteiger partial charge in [0.1, 0.15) is 5.82 Å². The summed E-state index contributed by atoms with van der Waals surface area (Å²) in [7, 11) is 0. The second-order valence-corrected chi connectivity index (χ2v) is 6.42. The van der Waals surface area contributed by atoms with E-state index in [1.165, 1.54) is 6.07 Å². The van der Waals surface area contributed by atoms with Gasteiger partial charge in [-0.1, -0.05) is 12.1 Å². The van der Waals surface area contributed by atoms with E-state index in [4.69, 9.17) is 0 Å². The minimum Gasteiger partial charge on any atom is -0.392 e. The van der Waals surface area contributed by atoms with Crippen LogP contribution in [0.4, 0.5) is 10.1 Å². The molecule has 1 aliphatic carbocycles. The SMILES string of the molecule is C[C@H](O)CN(C[C@@H](C)O)c1ccc2c(c1)Cc1cc(F)ccc1-2. The highest BCUT2D eigenvalue weighted by molar-refractivity contribution is 5.78. The smallest absolute Gasteiger partial charge is 0.123 e. The number of aliphatic hydroxyl groups excluding tert-OH is 2. The van der Waals surface area contributed by atoms with E-state index in [1.807, 2.05) is 23.1 Å². The molecule has 1 aliphatic rings. The predicted molar refractivity (Wildman–Crippen MR) is 90.2 cm³/mol. The lowest BCUT2D eigenvalue weighted by atomic mass is 10.0. The number of hydrogen-bond donors (Lipinski definition) is 2. The van der Waals surface area contributed by atoms with Gasteiger partial charge >= 0.3 is 0 Å². The maximum absolute atomic E-state index is 13.4. The van der Waals surface area contributed by atoms with E-state index in [2.05, 4.69) is 6.07 Å². The van der Waals surface area contributed by atoms with Crippen LogP contribution in [-0.4, -0.2) is 35.5 Å². The summed E-state index contributed by atoms with van der Waals surface area (Å²) in [5.41, 5.74) is 5.36. The Balaban J connectivity index is 1.92. The first-order valence-electron chi connectivity index (χ1n) is 7.97. The van der Waals surface area contributed by atoms with Crippen LogP contribution in [0.15, 0.2) is 36.4 Å². The van der Waals surface area contributed by atoms with Crippen LogP contribution in [0.25, 0.3) is 11.1 Å². The van der Waals surface area contributed by atoms with Gasteiger partial charge in [0.15, 0.2) is 0 Å². The quantitative estimate of drug-likeness (QED) is 0.761. The van der Waals surface area contributed by atoms with Crippen LogP contribution in [0, 0.1) is 5.82 Å². The second kappa shape index (κ2) is 6.30. The molecular weight excluding hydrogens is 293 g/mol. The van der Waals surface area contributed by atoms with Crippen molar-refractivity contribution >= 4 is 5.69 Å². The fourth-order valence-electron chi connectivity index (χ4n) is 3.29. The minimum atomic E-state index is -0.478. The lowest BCUT2D eigenvalue weighted by molar-refractivity contribution is 0.178. The predicted octanol–water partition coefficient (Wildman–Crippen LogP) is 2.96. The molecular formula is C19H22FNO2. The maximum atomic E-state index is 13.4. The van der Waals surface area contributed by atoms with E-state index in [9.17, 15) is 14.6 Å². The molecule has 23 heavy (non-hydrogen) atoms. The summed E-state index contributed by atoms with van der Waals surface area (Å²) in [4.78, 5) is 1.99. The van der Waals surface area contributed by atoms with Gasteiger partial charge in [-0.15, -0.1) is 0 Å². The zero-order valence-corrected chi connectivity index (χ0v) is 13.5. The molecule has 0 unspecified atom stereocenters. The molecule has 0 radical (unpaired) electrons. The third-order valence-electron chi connectivity index (χ3n) is 4.16. The monoisotopic (exact) mass is 315 g/mol. The van der Waals surface area contributed by atoms with Gasteiger partial charge in [-0.3, -0.25) is 0 Å². The number of benzene rings is 2. The van der Waals surface area contributed by atoms with Crippen molar-refractivity contribution in [2.24, 2.45) is 0 Å². The molecule has 4 heteroatoms. The van der Waals surface area contributed by atoms with Crippen LogP contribution in [0.5, 0.6) is 0 Å². The van der Waals surface area contributed by atoms with E-state index in [1.54, 1.807) is 19.9 Å². The summed E-state index contributed by atoms with van der Waals surface area (Å²) in [6.07, 6.45) is -0.241. The Labute approximate surface area is 136 Å². The van der Waals surface area contributed by atoms with E-state index >= 15 is 0 Å². The molecule has 3 nitrogen and oxygen atoms in total. The summed E-state index contributed by atoms with van der Waals surface area (Å²) >= 11 is 0. The molecule has 2 atom stereocenters. The molecule has 2 aromatic carbocycles. The summed E-state index contributed by atoms with van der Waals surface area (Å²) in [6.45, 7) is 4.40. The van der Waals surface area contributed by atoms with Gasteiger partial charge in [0.05, 0.1) is 12.2 Å². The summed E-state index contributed by atoms with van der Waals surface area (Å²) in [5, 5.41) is 19.4. The fourth-order valence-corrected chi connectivity index (χ4v) is 3.29. The molecule has 0 aliphatic heterocycles. The van der Waals surface area contributed by atoms with Gasteiger partial charge < -0.3 is 15.1 Å². The van der Waals surface area contributed by atoms with Crippen molar-refractivity contribution in [3.8, 4) is 11.1 Å². The Bertz CT molecular complexity index is 703. The normalized spacial score (nSPS) is 15.0. The maximum Gasteiger partial charge on any atom is 0.123 e. The van der Waals surface area contributed by atoms with Crippen molar-refractivity contribution in [2.45, 2.75) is 32.5 Å². The molecule has 0 bridgehead atoms. The van der Waals surface area contributed by atoms with Crippen LogP contribution in [0.3, 0.4) is 0 Å². The zero-order valence-electron chi connectivity index (χ0n) is 13.5. The van der Waals surface area contributed by atoms with Gasteiger partial charge in [-0.05, 0) is 66.8 Å². The van der Waals surface area contributed by atoms with Crippen LogP contribution < -0.4 is 4.90 Å². The number of nitrogens with zero attached hydrogens (tertiary/aromatic N) is 1. The molecule has 0 heterocycles. The van der Waals surface area contributed by atoms with Gasteiger partial charge in [-0.25, -0.2) is 4.39 Å². The molecule has 2 aromatic rings. The Morgan fingerprint density at radius 3 is 2.13 bits per heavy atom. The van der Waals surface area contributed by atoms with Crippen LogP contribution in [0.1, 0.15) is 25.0 Å². The Morgan fingerprint density at radius 1 is 0.957 bits per heavy atom. The van der Waals surface area contributed by atoms with E-state index < -0.39 is 12.2 Å². The Hall–Kier alpha value is -1.91. The molecule has 0 spiro atoms. The second-order valence-electron chi connectivity index (χ2n) is 6.42. The molecule has 0 aromatic heterocycles. The molecule has 3 rings (SSSR count). The van der Waals surface area contributed by atoms with Crippen molar-refractivity contribution in [1.29, 1.82) is 0 Å². The third kappa shape index (κ3) is 3.38. The lowest BCUT2D eigenvalue weighted by Gasteiger charge is -2.28. The van der Waals surface area contributed by atoms with E-state index in [0.29, 0.717) is 19.5 Å². The number of rotatable bonds is 5. The number of halogens is 1. The van der Waals surface area contributed by atoms with Crippen LogP contribution in [0.2, 0.25) is 0 Å². The van der Waals surface area contributed by atoms with Gasteiger partial charge in [0, 0.05) is 18.8 Å². The first-order chi connectivity index (χ1) is 10.9. The van der Waals surface area contributed by atoms with Crippen molar-refractivity contribution in [1.82, 2.24) is 0 Å². The Kier molecular flexibility index (Phi) is 4.37. The first-order valence-corrected chi connectivity index (χ1v) is 7.97. The van der Waals surface area contributed by atoms with Crippen molar-refractivity contribution in [3.63, 3.8) is 0 Å².